The van der Waals surface area contributed by atoms with Crippen LogP contribution in [0, 0.1) is 5.92 Å². The van der Waals surface area contributed by atoms with Crippen molar-refractivity contribution in [3.8, 4) is 0 Å². The first-order valence-electron chi connectivity index (χ1n) is 7.99. The van der Waals surface area contributed by atoms with Crippen molar-refractivity contribution in [3.05, 3.63) is 35.4 Å². The van der Waals surface area contributed by atoms with Crippen LogP contribution in [0.5, 0.6) is 0 Å². The number of hydrogen-bond donors (Lipinski definition) is 1. The summed E-state index contributed by atoms with van der Waals surface area (Å²) in [5.41, 5.74) is 2.58. The quantitative estimate of drug-likeness (QED) is 0.810. The van der Waals surface area contributed by atoms with Gasteiger partial charge >= 0.3 is 5.97 Å². The molecule has 0 bridgehead atoms. The Morgan fingerprint density at radius 1 is 1.15 bits per heavy atom. The SMILES string of the molecule is CCCC1CCC(c2ccc(CCC(=O)O)cc2)CC1. The van der Waals surface area contributed by atoms with E-state index in [1.165, 1.54) is 44.1 Å². The fourth-order valence-electron chi connectivity index (χ4n) is 3.40. The van der Waals surface area contributed by atoms with E-state index >= 15 is 0 Å². The molecule has 1 N–H and O–H groups in total. The van der Waals surface area contributed by atoms with Crippen LogP contribution in [0.1, 0.15) is 68.9 Å². The summed E-state index contributed by atoms with van der Waals surface area (Å²) in [6.07, 6.45) is 8.95. The Kier molecular flexibility index (Phi) is 5.63. The molecule has 0 spiro atoms. The van der Waals surface area contributed by atoms with E-state index in [-0.39, 0.29) is 6.42 Å². The van der Waals surface area contributed by atoms with Gasteiger partial charge in [-0.05, 0) is 55.1 Å². The van der Waals surface area contributed by atoms with Gasteiger partial charge in [-0.1, -0.05) is 44.0 Å². The van der Waals surface area contributed by atoms with E-state index < -0.39 is 5.97 Å². The predicted molar refractivity (Wildman–Crippen MR) is 82.0 cm³/mol. The molecule has 1 aliphatic rings. The number of carbonyl (C=O) groups is 1. The maximum Gasteiger partial charge on any atom is 0.303 e. The lowest BCUT2D eigenvalue weighted by Gasteiger charge is -2.28. The smallest absolute Gasteiger partial charge is 0.303 e. The number of hydrogen-bond acceptors (Lipinski definition) is 1. The molecule has 0 atom stereocenters. The fourth-order valence-corrected chi connectivity index (χ4v) is 3.40. The first-order valence-corrected chi connectivity index (χ1v) is 7.99. The highest BCUT2D eigenvalue weighted by molar-refractivity contribution is 5.67. The minimum absolute atomic E-state index is 0.224. The summed E-state index contributed by atoms with van der Waals surface area (Å²) < 4.78 is 0. The van der Waals surface area contributed by atoms with Crippen LogP contribution in [0.15, 0.2) is 24.3 Å². The Morgan fingerprint density at radius 3 is 2.35 bits per heavy atom. The molecule has 2 heteroatoms. The lowest BCUT2D eigenvalue weighted by Crippen LogP contribution is -2.13. The molecule has 0 amide bonds. The maximum atomic E-state index is 10.6. The number of benzene rings is 1. The standard InChI is InChI=1S/C18H26O2/c1-2-3-14-4-9-16(10-5-14)17-11-6-15(7-12-17)8-13-18(19)20/h6-7,11-12,14,16H,2-5,8-10,13H2,1H3,(H,19,20). The highest BCUT2D eigenvalue weighted by Gasteiger charge is 2.21. The van der Waals surface area contributed by atoms with E-state index in [2.05, 4.69) is 31.2 Å². The average Bonchev–Trinajstić information content (AvgIpc) is 2.47. The Morgan fingerprint density at radius 2 is 1.80 bits per heavy atom. The molecule has 0 aromatic heterocycles. The largest absolute Gasteiger partial charge is 0.481 e. The zero-order valence-electron chi connectivity index (χ0n) is 12.5. The molecule has 0 unspecified atom stereocenters. The number of aliphatic carboxylic acids is 1. The molecule has 1 saturated carbocycles. The first-order chi connectivity index (χ1) is 9.69. The molecule has 2 rings (SSSR count). The lowest BCUT2D eigenvalue weighted by atomic mass is 9.77. The number of rotatable bonds is 6. The van der Waals surface area contributed by atoms with Gasteiger partial charge in [0.05, 0.1) is 0 Å². The van der Waals surface area contributed by atoms with E-state index in [9.17, 15) is 4.79 Å². The van der Waals surface area contributed by atoms with E-state index in [0.717, 1.165) is 17.4 Å². The number of carboxylic acid groups (broad SMARTS) is 1. The molecular formula is C18H26O2. The van der Waals surface area contributed by atoms with Gasteiger partial charge in [0.2, 0.25) is 0 Å². The molecular weight excluding hydrogens is 248 g/mol. The first kappa shape index (κ1) is 15.1. The predicted octanol–water partition coefficient (Wildman–Crippen LogP) is 4.78. The molecule has 1 aliphatic carbocycles. The minimum Gasteiger partial charge on any atom is -0.481 e. The Labute approximate surface area is 122 Å². The van der Waals surface area contributed by atoms with Crippen LogP contribution in [-0.4, -0.2) is 11.1 Å². The van der Waals surface area contributed by atoms with Crippen LogP contribution < -0.4 is 0 Å². The lowest BCUT2D eigenvalue weighted by molar-refractivity contribution is -0.136. The summed E-state index contributed by atoms with van der Waals surface area (Å²) in [7, 11) is 0. The average molecular weight is 274 g/mol. The van der Waals surface area contributed by atoms with Crippen molar-refractivity contribution in [3.63, 3.8) is 0 Å². The van der Waals surface area contributed by atoms with E-state index in [1.807, 2.05) is 0 Å². The highest BCUT2D eigenvalue weighted by Crippen LogP contribution is 2.37. The van der Waals surface area contributed by atoms with Crippen molar-refractivity contribution in [2.45, 2.75) is 64.2 Å². The van der Waals surface area contributed by atoms with Gasteiger partial charge in [0, 0.05) is 6.42 Å². The molecule has 2 nitrogen and oxygen atoms in total. The Bertz CT molecular complexity index is 414. The molecule has 1 fully saturated rings. The number of carboxylic acids is 1. The van der Waals surface area contributed by atoms with Crippen molar-refractivity contribution in [1.29, 1.82) is 0 Å². The van der Waals surface area contributed by atoms with Crippen LogP contribution in [-0.2, 0) is 11.2 Å². The summed E-state index contributed by atoms with van der Waals surface area (Å²) in [5.74, 6) is 0.950. The van der Waals surface area contributed by atoms with Gasteiger partial charge in [0.25, 0.3) is 0 Å². The monoisotopic (exact) mass is 274 g/mol. The number of aryl methyl sites for hydroxylation is 1. The third kappa shape index (κ3) is 4.36. The Hall–Kier alpha value is -1.31. The molecule has 0 aliphatic heterocycles. The highest BCUT2D eigenvalue weighted by atomic mass is 16.4. The molecule has 110 valence electrons. The van der Waals surface area contributed by atoms with Gasteiger partial charge in [-0.15, -0.1) is 0 Å². The van der Waals surface area contributed by atoms with Crippen molar-refractivity contribution in [2.75, 3.05) is 0 Å². The van der Waals surface area contributed by atoms with E-state index in [4.69, 9.17) is 5.11 Å². The van der Waals surface area contributed by atoms with Crippen LogP contribution in [0.25, 0.3) is 0 Å². The summed E-state index contributed by atoms with van der Waals surface area (Å²) in [6, 6.07) is 8.64. The zero-order valence-corrected chi connectivity index (χ0v) is 12.5. The van der Waals surface area contributed by atoms with Crippen molar-refractivity contribution >= 4 is 5.97 Å². The Balaban J connectivity index is 1.86. The van der Waals surface area contributed by atoms with Gasteiger partial charge in [-0.25, -0.2) is 0 Å². The normalized spacial score (nSPS) is 22.6. The summed E-state index contributed by atoms with van der Waals surface area (Å²) in [6.45, 7) is 2.28. The topological polar surface area (TPSA) is 37.3 Å². The third-order valence-electron chi connectivity index (χ3n) is 4.62. The molecule has 1 aromatic carbocycles. The molecule has 0 saturated heterocycles. The second kappa shape index (κ2) is 7.47. The van der Waals surface area contributed by atoms with Gasteiger partial charge in [0.1, 0.15) is 0 Å². The fraction of sp³-hybridized carbons (Fsp3) is 0.611. The van der Waals surface area contributed by atoms with E-state index in [0.29, 0.717) is 6.42 Å². The third-order valence-corrected chi connectivity index (χ3v) is 4.62. The van der Waals surface area contributed by atoms with E-state index in [1.54, 1.807) is 0 Å². The maximum absolute atomic E-state index is 10.6. The van der Waals surface area contributed by atoms with Crippen LogP contribution >= 0.6 is 0 Å². The molecule has 0 heterocycles. The summed E-state index contributed by atoms with van der Waals surface area (Å²) in [5, 5.41) is 8.70. The van der Waals surface area contributed by atoms with Crippen molar-refractivity contribution in [1.82, 2.24) is 0 Å². The molecule has 0 radical (unpaired) electrons. The van der Waals surface area contributed by atoms with Gasteiger partial charge in [-0.2, -0.15) is 0 Å². The summed E-state index contributed by atoms with van der Waals surface area (Å²) >= 11 is 0. The van der Waals surface area contributed by atoms with Crippen LogP contribution in [0.2, 0.25) is 0 Å². The second-order valence-corrected chi connectivity index (χ2v) is 6.14. The van der Waals surface area contributed by atoms with Crippen LogP contribution in [0.4, 0.5) is 0 Å². The van der Waals surface area contributed by atoms with Crippen molar-refractivity contribution in [2.24, 2.45) is 5.92 Å². The van der Waals surface area contributed by atoms with Crippen LogP contribution in [0.3, 0.4) is 0 Å². The van der Waals surface area contributed by atoms with Crippen molar-refractivity contribution < 1.29 is 9.90 Å². The minimum atomic E-state index is -0.719. The summed E-state index contributed by atoms with van der Waals surface area (Å²) in [4.78, 5) is 10.6. The molecule has 20 heavy (non-hydrogen) atoms. The molecule has 1 aromatic rings. The van der Waals surface area contributed by atoms with Gasteiger partial charge in [0.15, 0.2) is 0 Å². The second-order valence-electron chi connectivity index (χ2n) is 6.14. The van der Waals surface area contributed by atoms with Gasteiger partial charge in [-0.3, -0.25) is 4.79 Å². The van der Waals surface area contributed by atoms with Gasteiger partial charge < -0.3 is 5.11 Å². The zero-order chi connectivity index (χ0) is 14.4.